The molecule has 0 N–H and O–H groups in total. The fourth-order valence-corrected chi connectivity index (χ4v) is 4.03. The molecule has 2 heteroatoms. The Hall–Kier alpha value is -2.87. The highest BCUT2D eigenvalue weighted by Crippen LogP contribution is 2.28. The first kappa shape index (κ1) is 19.4. The molecular formula is C27H30N2. The molecule has 4 aromatic rings. The fraction of sp³-hybridized carbons (Fsp3) is 0.296. The van der Waals surface area contributed by atoms with Gasteiger partial charge in [-0.2, -0.15) is 0 Å². The topological polar surface area (TPSA) is 17.8 Å². The van der Waals surface area contributed by atoms with E-state index in [-0.39, 0.29) is 5.92 Å². The van der Waals surface area contributed by atoms with E-state index < -0.39 is 0 Å². The van der Waals surface area contributed by atoms with E-state index in [9.17, 15) is 0 Å². The Bertz CT molecular complexity index is 1090. The number of rotatable bonds is 6. The van der Waals surface area contributed by atoms with Gasteiger partial charge in [-0.15, -0.1) is 0 Å². The summed E-state index contributed by atoms with van der Waals surface area (Å²) >= 11 is 0. The highest BCUT2D eigenvalue weighted by Gasteiger charge is 2.18. The standard InChI is InChI=1S/C27H30N2/c1-19(2)17-22-13-15-24(16-14-22)21(4)27-28-25-7-5-6-8-26(25)29(27)18-23-11-9-20(3)10-12-23/h5-16,19,21H,17-18H2,1-4H3/t21-/m1/s1. The van der Waals surface area contributed by atoms with E-state index in [2.05, 4.69) is 105 Å². The van der Waals surface area contributed by atoms with Crippen molar-refractivity contribution < 1.29 is 0 Å². The van der Waals surface area contributed by atoms with Crippen molar-refractivity contribution in [2.75, 3.05) is 0 Å². The summed E-state index contributed by atoms with van der Waals surface area (Å²) in [5.74, 6) is 2.04. The van der Waals surface area contributed by atoms with Gasteiger partial charge in [0.1, 0.15) is 5.82 Å². The SMILES string of the molecule is Cc1ccc(Cn2c([C@H](C)c3ccc(CC(C)C)cc3)nc3ccccc32)cc1. The molecule has 3 aromatic carbocycles. The Kier molecular flexibility index (Phi) is 5.53. The molecule has 0 amide bonds. The first-order valence-corrected chi connectivity index (χ1v) is 10.6. The summed E-state index contributed by atoms with van der Waals surface area (Å²) in [6.45, 7) is 9.77. The van der Waals surface area contributed by atoms with Gasteiger partial charge in [0.25, 0.3) is 0 Å². The van der Waals surface area contributed by atoms with Gasteiger partial charge in [0.2, 0.25) is 0 Å². The van der Waals surface area contributed by atoms with Crippen LogP contribution >= 0.6 is 0 Å². The molecule has 1 heterocycles. The lowest BCUT2D eigenvalue weighted by Crippen LogP contribution is -2.09. The van der Waals surface area contributed by atoms with E-state index in [4.69, 9.17) is 4.98 Å². The first-order valence-electron chi connectivity index (χ1n) is 10.6. The maximum Gasteiger partial charge on any atom is 0.117 e. The molecule has 2 nitrogen and oxygen atoms in total. The molecule has 0 aliphatic heterocycles. The van der Waals surface area contributed by atoms with Crippen LogP contribution in [0.1, 0.15) is 54.8 Å². The lowest BCUT2D eigenvalue weighted by molar-refractivity contribution is 0.646. The molecule has 0 radical (unpaired) electrons. The molecular weight excluding hydrogens is 352 g/mol. The largest absolute Gasteiger partial charge is 0.323 e. The first-order chi connectivity index (χ1) is 14.0. The summed E-state index contributed by atoms with van der Waals surface area (Å²) in [5, 5.41) is 0. The van der Waals surface area contributed by atoms with Crippen LogP contribution in [0.4, 0.5) is 0 Å². The third-order valence-corrected chi connectivity index (χ3v) is 5.66. The highest BCUT2D eigenvalue weighted by molar-refractivity contribution is 5.76. The Morgan fingerprint density at radius 3 is 2.14 bits per heavy atom. The van der Waals surface area contributed by atoms with Crippen LogP contribution in [-0.2, 0) is 13.0 Å². The van der Waals surface area contributed by atoms with Gasteiger partial charge in [0.15, 0.2) is 0 Å². The van der Waals surface area contributed by atoms with Crippen molar-refractivity contribution in [3.05, 3.63) is 101 Å². The zero-order valence-corrected chi connectivity index (χ0v) is 17.9. The summed E-state index contributed by atoms with van der Waals surface area (Å²) in [6.07, 6.45) is 1.13. The molecule has 4 rings (SSSR count). The van der Waals surface area contributed by atoms with Crippen LogP contribution < -0.4 is 0 Å². The number of imidazole rings is 1. The number of hydrogen-bond donors (Lipinski definition) is 0. The number of nitrogens with zero attached hydrogens (tertiary/aromatic N) is 2. The summed E-state index contributed by atoms with van der Waals surface area (Å²) in [5.41, 5.74) is 7.59. The smallest absolute Gasteiger partial charge is 0.117 e. The molecule has 29 heavy (non-hydrogen) atoms. The van der Waals surface area contributed by atoms with Crippen molar-refractivity contribution in [3.8, 4) is 0 Å². The van der Waals surface area contributed by atoms with Gasteiger partial charge in [-0.1, -0.05) is 87.0 Å². The Labute approximate surface area is 174 Å². The van der Waals surface area contributed by atoms with Gasteiger partial charge in [-0.3, -0.25) is 0 Å². The second-order valence-electron chi connectivity index (χ2n) is 8.59. The van der Waals surface area contributed by atoms with E-state index in [0.717, 1.165) is 24.3 Å². The Balaban J connectivity index is 1.71. The van der Waals surface area contributed by atoms with Crippen LogP contribution in [0.3, 0.4) is 0 Å². The second-order valence-corrected chi connectivity index (χ2v) is 8.59. The summed E-state index contributed by atoms with van der Waals surface area (Å²) in [6, 6.07) is 26.4. The minimum atomic E-state index is 0.237. The number of fused-ring (bicyclic) bond motifs is 1. The average Bonchev–Trinajstić information content (AvgIpc) is 3.08. The Morgan fingerprint density at radius 2 is 1.45 bits per heavy atom. The molecule has 0 saturated heterocycles. The quantitative estimate of drug-likeness (QED) is 0.361. The molecule has 148 valence electrons. The number of benzene rings is 3. The van der Waals surface area contributed by atoms with E-state index in [1.165, 1.54) is 27.8 Å². The fourth-order valence-electron chi connectivity index (χ4n) is 4.03. The van der Waals surface area contributed by atoms with Gasteiger partial charge in [0, 0.05) is 12.5 Å². The molecule has 0 fully saturated rings. The molecule has 0 aliphatic rings. The van der Waals surface area contributed by atoms with Crippen LogP contribution in [0.15, 0.2) is 72.8 Å². The molecule has 0 bridgehead atoms. The summed E-state index contributed by atoms with van der Waals surface area (Å²) < 4.78 is 2.38. The normalized spacial score (nSPS) is 12.6. The monoisotopic (exact) mass is 382 g/mol. The van der Waals surface area contributed by atoms with Crippen molar-refractivity contribution in [1.29, 1.82) is 0 Å². The third-order valence-electron chi connectivity index (χ3n) is 5.66. The molecule has 1 atom stereocenters. The van der Waals surface area contributed by atoms with Crippen LogP contribution in [0, 0.1) is 12.8 Å². The van der Waals surface area contributed by atoms with Crippen LogP contribution in [-0.4, -0.2) is 9.55 Å². The average molecular weight is 383 g/mol. The van der Waals surface area contributed by atoms with E-state index in [1.807, 2.05) is 0 Å². The minimum Gasteiger partial charge on any atom is -0.323 e. The number of aryl methyl sites for hydroxylation is 1. The van der Waals surface area contributed by atoms with Gasteiger partial charge in [-0.25, -0.2) is 4.98 Å². The van der Waals surface area contributed by atoms with Crippen molar-refractivity contribution in [2.24, 2.45) is 5.92 Å². The molecule has 0 unspecified atom stereocenters. The maximum atomic E-state index is 5.04. The van der Waals surface area contributed by atoms with Crippen LogP contribution in [0.2, 0.25) is 0 Å². The molecule has 0 saturated carbocycles. The molecule has 1 aromatic heterocycles. The third kappa shape index (κ3) is 4.27. The number of para-hydroxylation sites is 2. The van der Waals surface area contributed by atoms with Crippen molar-refractivity contribution in [1.82, 2.24) is 9.55 Å². The predicted octanol–water partition coefficient (Wildman–Crippen LogP) is 6.74. The lowest BCUT2D eigenvalue weighted by Gasteiger charge is -2.16. The van der Waals surface area contributed by atoms with E-state index >= 15 is 0 Å². The van der Waals surface area contributed by atoms with Gasteiger partial charge >= 0.3 is 0 Å². The Morgan fingerprint density at radius 1 is 0.793 bits per heavy atom. The van der Waals surface area contributed by atoms with Crippen molar-refractivity contribution in [3.63, 3.8) is 0 Å². The van der Waals surface area contributed by atoms with Crippen LogP contribution in [0.25, 0.3) is 11.0 Å². The minimum absolute atomic E-state index is 0.237. The lowest BCUT2D eigenvalue weighted by atomic mass is 9.96. The van der Waals surface area contributed by atoms with Crippen molar-refractivity contribution in [2.45, 2.75) is 46.6 Å². The van der Waals surface area contributed by atoms with Crippen LogP contribution in [0.5, 0.6) is 0 Å². The second kappa shape index (κ2) is 8.24. The zero-order chi connectivity index (χ0) is 20.4. The van der Waals surface area contributed by atoms with Crippen molar-refractivity contribution >= 4 is 11.0 Å². The predicted molar refractivity (Wildman–Crippen MR) is 123 cm³/mol. The highest BCUT2D eigenvalue weighted by atomic mass is 15.1. The van der Waals surface area contributed by atoms with E-state index in [1.54, 1.807) is 0 Å². The van der Waals surface area contributed by atoms with Gasteiger partial charge in [-0.05, 0) is 48.1 Å². The number of aromatic nitrogens is 2. The zero-order valence-electron chi connectivity index (χ0n) is 17.9. The summed E-state index contributed by atoms with van der Waals surface area (Å²) in [7, 11) is 0. The number of hydrogen-bond acceptors (Lipinski definition) is 1. The summed E-state index contributed by atoms with van der Waals surface area (Å²) in [4.78, 5) is 5.04. The van der Waals surface area contributed by atoms with Gasteiger partial charge < -0.3 is 4.57 Å². The maximum absolute atomic E-state index is 5.04. The molecule has 0 spiro atoms. The molecule has 0 aliphatic carbocycles. The van der Waals surface area contributed by atoms with Gasteiger partial charge in [0.05, 0.1) is 11.0 Å². The van der Waals surface area contributed by atoms with E-state index in [0.29, 0.717) is 5.92 Å².